The molecule has 154 valence electrons. The largest absolute Gasteiger partial charge is 0.396 e. The molecule has 0 spiro atoms. The Morgan fingerprint density at radius 1 is 1.20 bits per heavy atom. The molecule has 1 atom stereocenters. The number of carbonyl (C=O) groups excluding carboxylic acids is 1. The summed E-state index contributed by atoms with van der Waals surface area (Å²) in [5.41, 5.74) is 7.82. The Bertz CT molecular complexity index is 1120. The van der Waals surface area contributed by atoms with E-state index < -0.39 is 12.0 Å². The van der Waals surface area contributed by atoms with Gasteiger partial charge in [0.15, 0.2) is 0 Å². The molecule has 1 fully saturated rings. The molecule has 9 heteroatoms. The van der Waals surface area contributed by atoms with E-state index in [1.54, 1.807) is 17.2 Å². The number of aromatic nitrogens is 2. The van der Waals surface area contributed by atoms with Gasteiger partial charge in [-0.2, -0.15) is 0 Å². The number of hydrogen-bond donors (Lipinski definition) is 1. The van der Waals surface area contributed by atoms with Crippen molar-refractivity contribution in [3.63, 3.8) is 0 Å². The molecule has 1 unspecified atom stereocenters. The average molecular weight is 426 g/mol. The van der Waals surface area contributed by atoms with Crippen LogP contribution in [0.2, 0.25) is 0 Å². The fraction of sp³-hybridized carbons (Fsp3) is 0.286. The van der Waals surface area contributed by atoms with E-state index in [-0.39, 0.29) is 11.6 Å². The first-order valence-electron chi connectivity index (χ1n) is 9.71. The van der Waals surface area contributed by atoms with Crippen LogP contribution in [0.1, 0.15) is 21.8 Å². The van der Waals surface area contributed by atoms with Crippen LogP contribution >= 0.6 is 11.3 Å². The summed E-state index contributed by atoms with van der Waals surface area (Å²) in [6.45, 7) is 1.49. The maximum atomic E-state index is 13.5. The van der Waals surface area contributed by atoms with E-state index in [1.807, 2.05) is 17.0 Å². The average Bonchev–Trinajstić information content (AvgIpc) is 3.38. The topological polar surface area (TPSA) is 75.3 Å². The number of anilines is 3. The number of rotatable bonds is 3. The van der Waals surface area contributed by atoms with Gasteiger partial charge in [0.2, 0.25) is 0 Å². The Balaban J connectivity index is 1.39. The van der Waals surface area contributed by atoms with E-state index >= 15 is 0 Å². The van der Waals surface area contributed by atoms with Crippen LogP contribution in [-0.4, -0.2) is 41.7 Å². The summed E-state index contributed by atoms with van der Waals surface area (Å²) in [6.07, 6.45) is 2.05. The number of alkyl halides is 1. The second-order valence-electron chi connectivity index (χ2n) is 7.44. The monoisotopic (exact) mass is 426 g/mol. The molecule has 6 nitrogen and oxygen atoms in total. The quantitative estimate of drug-likeness (QED) is 0.647. The van der Waals surface area contributed by atoms with Crippen LogP contribution in [0, 0.1) is 5.82 Å². The third kappa shape index (κ3) is 3.28. The van der Waals surface area contributed by atoms with E-state index in [9.17, 15) is 13.6 Å². The standard InChI is InChI=1S/C21H19F2N5OS/c22-13-5-7-27(11-13)18-4-1-12(10-25-18)20-26-17-6-8-28(21(29)19(17)30-20)14-2-3-15(23)16(24)9-14/h1-4,9-10,13H,5-8,11,24H2/i22-1. The van der Waals surface area contributed by atoms with Crippen molar-refractivity contribution in [1.29, 1.82) is 0 Å². The summed E-state index contributed by atoms with van der Waals surface area (Å²) in [5.74, 6) is 0.0777. The SMILES string of the molecule is Nc1cc(N2CCc3nc(-c4ccc(N5CCC([18F])C5)nc4)sc3C2=O)ccc1F. The molecular formula is C21H19F2N5OS. The fourth-order valence-corrected chi connectivity index (χ4v) is 4.88. The molecule has 1 saturated heterocycles. The van der Waals surface area contributed by atoms with Crippen molar-refractivity contribution < 1.29 is 13.6 Å². The number of thiazole rings is 1. The van der Waals surface area contributed by atoms with E-state index in [0.29, 0.717) is 43.0 Å². The van der Waals surface area contributed by atoms with Gasteiger partial charge in [0, 0.05) is 37.0 Å². The zero-order chi connectivity index (χ0) is 20.8. The van der Waals surface area contributed by atoms with E-state index in [1.165, 1.54) is 23.5 Å². The molecule has 2 aromatic heterocycles. The molecule has 2 aliphatic rings. The molecule has 0 radical (unpaired) electrons. The van der Waals surface area contributed by atoms with Gasteiger partial charge >= 0.3 is 0 Å². The number of benzene rings is 1. The van der Waals surface area contributed by atoms with Crippen molar-refractivity contribution in [2.45, 2.75) is 19.0 Å². The Morgan fingerprint density at radius 2 is 2.07 bits per heavy atom. The Labute approximate surface area is 176 Å². The van der Waals surface area contributed by atoms with Crippen molar-refractivity contribution in [2.75, 3.05) is 35.2 Å². The smallest absolute Gasteiger partial charge is 0.270 e. The van der Waals surface area contributed by atoms with Gasteiger partial charge in [0.1, 0.15) is 27.7 Å². The van der Waals surface area contributed by atoms with Crippen LogP contribution in [0.15, 0.2) is 36.5 Å². The number of nitrogens with zero attached hydrogens (tertiary/aromatic N) is 4. The van der Waals surface area contributed by atoms with Gasteiger partial charge in [0.25, 0.3) is 5.91 Å². The second kappa shape index (κ2) is 7.32. The molecule has 1 aromatic carbocycles. The minimum atomic E-state index is -0.803. The first-order valence-corrected chi connectivity index (χ1v) is 10.5. The van der Waals surface area contributed by atoms with Gasteiger partial charge in [-0.25, -0.2) is 18.7 Å². The predicted molar refractivity (Wildman–Crippen MR) is 113 cm³/mol. The first-order chi connectivity index (χ1) is 14.5. The maximum absolute atomic E-state index is 13.5. The van der Waals surface area contributed by atoms with Crippen LogP contribution < -0.4 is 15.5 Å². The van der Waals surface area contributed by atoms with Crippen molar-refractivity contribution in [2.24, 2.45) is 0 Å². The third-order valence-corrected chi connectivity index (χ3v) is 6.58. The molecular weight excluding hydrogens is 407 g/mol. The molecule has 1 amide bonds. The van der Waals surface area contributed by atoms with Gasteiger partial charge < -0.3 is 15.5 Å². The highest BCUT2D eigenvalue weighted by atomic mass is 32.1. The highest BCUT2D eigenvalue weighted by Crippen LogP contribution is 2.34. The number of hydrogen-bond acceptors (Lipinski definition) is 6. The lowest BCUT2D eigenvalue weighted by Gasteiger charge is -2.26. The van der Waals surface area contributed by atoms with Crippen LogP contribution in [0.5, 0.6) is 0 Å². The van der Waals surface area contributed by atoms with Crippen LogP contribution in [0.25, 0.3) is 10.6 Å². The lowest BCUT2D eigenvalue weighted by atomic mass is 10.1. The lowest BCUT2D eigenvalue weighted by molar-refractivity contribution is 0.0984. The zero-order valence-corrected chi connectivity index (χ0v) is 16.8. The molecule has 4 heterocycles. The molecule has 0 bridgehead atoms. The van der Waals surface area contributed by atoms with Crippen molar-refractivity contribution >= 4 is 34.4 Å². The third-order valence-electron chi connectivity index (χ3n) is 5.45. The maximum Gasteiger partial charge on any atom is 0.270 e. The van der Waals surface area contributed by atoms with Gasteiger partial charge in [-0.15, -0.1) is 11.3 Å². The number of nitrogen functional groups attached to an aromatic ring is 1. The summed E-state index contributed by atoms with van der Waals surface area (Å²) in [6, 6.07) is 8.07. The van der Waals surface area contributed by atoms with Gasteiger partial charge in [-0.05, 0) is 36.8 Å². The van der Waals surface area contributed by atoms with Crippen LogP contribution in [0.3, 0.4) is 0 Å². The van der Waals surface area contributed by atoms with Gasteiger partial charge in [0.05, 0.1) is 17.9 Å². The minimum Gasteiger partial charge on any atom is -0.396 e. The first kappa shape index (κ1) is 18.9. The summed E-state index contributed by atoms with van der Waals surface area (Å²) in [5, 5.41) is 0.720. The van der Waals surface area contributed by atoms with E-state index in [0.717, 1.165) is 22.1 Å². The number of carbonyl (C=O) groups is 1. The molecule has 0 aliphatic carbocycles. The number of fused-ring (bicyclic) bond motifs is 1. The Kier molecular flexibility index (Phi) is 4.62. The van der Waals surface area contributed by atoms with Crippen molar-refractivity contribution in [3.05, 3.63) is 52.9 Å². The van der Waals surface area contributed by atoms with Gasteiger partial charge in [-0.3, -0.25) is 4.79 Å². The Hall–Kier alpha value is -3.07. The van der Waals surface area contributed by atoms with Crippen molar-refractivity contribution in [3.8, 4) is 10.6 Å². The van der Waals surface area contributed by atoms with Crippen LogP contribution in [0.4, 0.5) is 26.0 Å². The molecule has 30 heavy (non-hydrogen) atoms. The number of pyridine rings is 1. The van der Waals surface area contributed by atoms with Gasteiger partial charge in [-0.1, -0.05) is 0 Å². The molecule has 0 saturated carbocycles. The molecule has 2 N–H and O–H groups in total. The summed E-state index contributed by atoms with van der Waals surface area (Å²) in [7, 11) is 0. The number of nitrogens with two attached hydrogens (primary N) is 1. The normalized spacial score (nSPS) is 18.7. The molecule has 2 aliphatic heterocycles. The highest BCUT2D eigenvalue weighted by Gasteiger charge is 2.30. The zero-order valence-electron chi connectivity index (χ0n) is 16.0. The summed E-state index contributed by atoms with van der Waals surface area (Å²) >= 11 is 1.32. The lowest BCUT2D eigenvalue weighted by Crippen LogP contribution is -2.37. The second-order valence-corrected chi connectivity index (χ2v) is 8.44. The fourth-order valence-electron chi connectivity index (χ4n) is 3.82. The molecule has 5 rings (SSSR count). The summed E-state index contributed by atoms with van der Waals surface area (Å²) < 4.78 is 26.9. The highest BCUT2D eigenvalue weighted by molar-refractivity contribution is 7.17. The predicted octanol–water partition coefficient (Wildman–Crippen LogP) is 3.68. The van der Waals surface area contributed by atoms with Crippen molar-refractivity contribution in [1.82, 2.24) is 9.97 Å². The number of amides is 1. The van der Waals surface area contributed by atoms with E-state index in [4.69, 9.17) is 5.73 Å². The number of halogens is 2. The minimum absolute atomic E-state index is 0.0133. The van der Waals surface area contributed by atoms with E-state index in [2.05, 4.69) is 9.97 Å². The summed E-state index contributed by atoms with van der Waals surface area (Å²) in [4.78, 5) is 26.2. The Morgan fingerprint density at radius 3 is 2.77 bits per heavy atom. The molecule has 3 aromatic rings. The van der Waals surface area contributed by atoms with Crippen LogP contribution in [-0.2, 0) is 6.42 Å².